The normalized spacial score (nSPS) is 13.1. The molecule has 0 aromatic carbocycles. The quantitative estimate of drug-likeness (QED) is 0.589. The number of ether oxygens (including phenoxy) is 2. The van der Waals surface area contributed by atoms with Crippen LogP contribution in [0.3, 0.4) is 0 Å². The van der Waals surface area contributed by atoms with Gasteiger partial charge in [0.15, 0.2) is 0 Å². The van der Waals surface area contributed by atoms with E-state index in [4.69, 9.17) is 0 Å². The van der Waals surface area contributed by atoms with E-state index in [1.807, 2.05) is 0 Å². The molecule has 0 saturated heterocycles. The molecule has 10 heteroatoms. The Morgan fingerprint density at radius 1 is 0.789 bits per heavy atom. The van der Waals surface area contributed by atoms with Crippen LogP contribution in [0.5, 0.6) is 0 Å². The second kappa shape index (κ2) is 5.66. The third-order valence-corrected chi connectivity index (χ3v) is 1.65. The zero-order valence-corrected chi connectivity index (χ0v) is 9.81. The molecule has 4 nitrogen and oxygen atoms in total. The maximum atomic E-state index is 11.8. The molecule has 0 spiro atoms. The molecule has 0 atom stereocenters. The molecular weight excluding hydrogens is 286 g/mol. The molecule has 0 fully saturated rings. The van der Waals surface area contributed by atoms with Crippen molar-refractivity contribution >= 4 is 11.9 Å². The molecule has 0 unspecified atom stereocenters. The van der Waals surface area contributed by atoms with E-state index in [0.717, 1.165) is 0 Å². The van der Waals surface area contributed by atoms with Crippen LogP contribution in [0, 0.1) is 5.41 Å². The van der Waals surface area contributed by atoms with Crippen molar-refractivity contribution in [3.8, 4) is 0 Å². The molecule has 0 heterocycles. The summed E-state index contributed by atoms with van der Waals surface area (Å²) < 4.78 is 78.4. The molecule has 0 saturated carbocycles. The summed E-state index contributed by atoms with van der Waals surface area (Å²) in [4.78, 5) is 20.7. The van der Waals surface area contributed by atoms with Crippen LogP contribution in [0.1, 0.15) is 13.8 Å². The number of esters is 2. The van der Waals surface area contributed by atoms with Crippen molar-refractivity contribution in [3.05, 3.63) is 0 Å². The Balaban J connectivity index is 4.28. The van der Waals surface area contributed by atoms with Gasteiger partial charge >= 0.3 is 24.3 Å². The maximum absolute atomic E-state index is 11.8. The summed E-state index contributed by atoms with van der Waals surface area (Å²) in [7, 11) is 0. The topological polar surface area (TPSA) is 52.6 Å². The second-order valence-electron chi connectivity index (χ2n) is 4.31. The first-order valence-corrected chi connectivity index (χ1v) is 4.73. The van der Waals surface area contributed by atoms with Gasteiger partial charge in [-0.2, -0.15) is 26.3 Å². The Labute approximate surface area is 103 Å². The minimum absolute atomic E-state index is 0.851. The van der Waals surface area contributed by atoms with Gasteiger partial charge in [-0.1, -0.05) is 13.8 Å². The molecule has 0 aliphatic rings. The molecular formula is C9H10F6O4. The van der Waals surface area contributed by atoms with Crippen molar-refractivity contribution in [3.63, 3.8) is 0 Å². The molecule has 0 aromatic heterocycles. The number of alkyl halides is 6. The predicted molar refractivity (Wildman–Crippen MR) is 47.8 cm³/mol. The van der Waals surface area contributed by atoms with Crippen molar-refractivity contribution in [2.45, 2.75) is 26.2 Å². The molecule has 0 N–H and O–H groups in total. The SMILES string of the molecule is CC(C)(COC(=O)C(F)(F)F)COC(=O)C(F)(F)F. The van der Waals surface area contributed by atoms with Crippen LogP contribution in [-0.2, 0) is 19.1 Å². The van der Waals surface area contributed by atoms with E-state index in [-0.39, 0.29) is 0 Å². The summed E-state index contributed by atoms with van der Waals surface area (Å²) in [6, 6.07) is 0. The molecule has 112 valence electrons. The van der Waals surface area contributed by atoms with Gasteiger partial charge in [0.25, 0.3) is 0 Å². The van der Waals surface area contributed by atoms with Crippen molar-refractivity contribution in [1.82, 2.24) is 0 Å². The van der Waals surface area contributed by atoms with E-state index in [2.05, 4.69) is 9.47 Å². The lowest BCUT2D eigenvalue weighted by Gasteiger charge is -2.24. The lowest BCUT2D eigenvalue weighted by molar-refractivity contribution is -0.208. The third-order valence-electron chi connectivity index (χ3n) is 1.65. The van der Waals surface area contributed by atoms with Crippen LogP contribution in [0.4, 0.5) is 26.3 Å². The molecule has 0 bridgehead atoms. The third kappa shape index (κ3) is 6.87. The number of carbonyl (C=O) groups is 2. The van der Waals surface area contributed by atoms with E-state index in [9.17, 15) is 35.9 Å². The van der Waals surface area contributed by atoms with Crippen molar-refractivity contribution in [2.24, 2.45) is 5.41 Å². The summed E-state index contributed by atoms with van der Waals surface area (Å²) in [5.74, 6) is -4.94. The zero-order chi connectivity index (χ0) is 15.5. The Morgan fingerprint density at radius 3 is 1.26 bits per heavy atom. The Bertz CT molecular complexity index is 312. The monoisotopic (exact) mass is 296 g/mol. The highest BCUT2D eigenvalue weighted by Crippen LogP contribution is 2.23. The highest BCUT2D eigenvalue weighted by atomic mass is 19.4. The first-order chi connectivity index (χ1) is 8.26. The predicted octanol–water partition coefficient (Wildman–Crippen LogP) is 2.22. The number of hydrogen-bond donors (Lipinski definition) is 0. The molecule has 0 aliphatic carbocycles. The molecule has 0 amide bonds. The van der Waals surface area contributed by atoms with Gasteiger partial charge in [0.2, 0.25) is 0 Å². The Kier molecular flexibility index (Phi) is 5.22. The lowest BCUT2D eigenvalue weighted by atomic mass is 9.96. The zero-order valence-electron chi connectivity index (χ0n) is 9.81. The fourth-order valence-corrected chi connectivity index (χ4v) is 0.727. The smallest absolute Gasteiger partial charge is 0.458 e. The summed E-state index contributed by atoms with van der Waals surface area (Å²) in [6.07, 6.45) is -10.4. The van der Waals surface area contributed by atoms with Crippen LogP contribution in [0.2, 0.25) is 0 Å². The molecule has 0 aromatic rings. The largest absolute Gasteiger partial charge is 0.490 e. The van der Waals surface area contributed by atoms with E-state index in [0.29, 0.717) is 0 Å². The van der Waals surface area contributed by atoms with Crippen LogP contribution < -0.4 is 0 Å². The number of rotatable bonds is 4. The van der Waals surface area contributed by atoms with Gasteiger partial charge in [-0.3, -0.25) is 0 Å². The van der Waals surface area contributed by atoms with E-state index in [1.54, 1.807) is 0 Å². The first kappa shape index (κ1) is 17.5. The van der Waals surface area contributed by atoms with Gasteiger partial charge < -0.3 is 9.47 Å². The second-order valence-corrected chi connectivity index (χ2v) is 4.31. The maximum Gasteiger partial charge on any atom is 0.490 e. The van der Waals surface area contributed by atoms with Crippen molar-refractivity contribution in [1.29, 1.82) is 0 Å². The number of halogens is 6. The van der Waals surface area contributed by atoms with E-state index in [1.165, 1.54) is 13.8 Å². The molecule has 0 radical (unpaired) electrons. The Morgan fingerprint density at radius 2 is 1.05 bits per heavy atom. The van der Waals surface area contributed by atoms with Crippen LogP contribution in [0.15, 0.2) is 0 Å². The highest BCUT2D eigenvalue weighted by Gasteiger charge is 2.43. The summed E-state index contributed by atoms with van der Waals surface area (Å²) in [5, 5.41) is 0. The summed E-state index contributed by atoms with van der Waals surface area (Å²) in [5.41, 5.74) is -1.39. The fourth-order valence-electron chi connectivity index (χ4n) is 0.727. The van der Waals surface area contributed by atoms with Crippen molar-refractivity contribution in [2.75, 3.05) is 13.2 Å². The minimum Gasteiger partial charge on any atom is -0.458 e. The fraction of sp³-hybridized carbons (Fsp3) is 0.778. The molecule has 0 aliphatic heterocycles. The average molecular weight is 296 g/mol. The van der Waals surface area contributed by atoms with Crippen LogP contribution >= 0.6 is 0 Å². The summed E-state index contributed by atoms with van der Waals surface area (Å²) in [6.45, 7) is 0.633. The molecule has 19 heavy (non-hydrogen) atoms. The number of carbonyl (C=O) groups excluding carboxylic acids is 2. The molecule has 0 rings (SSSR count). The standard InChI is InChI=1S/C9H10F6O4/c1-7(2,3-18-5(16)8(10,11)12)4-19-6(17)9(13,14)15/h3-4H2,1-2H3. The summed E-state index contributed by atoms with van der Waals surface area (Å²) >= 11 is 0. The van der Waals surface area contributed by atoms with Gasteiger partial charge in [0, 0.05) is 5.41 Å². The van der Waals surface area contributed by atoms with Gasteiger partial charge in [-0.05, 0) is 0 Å². The van der Waals surface area contributed by atoms with Gasteiger partial charge in [0.1, 0.15) is 0 Å². The first-order valence-electron chi connectivity index (χ1n) is 4.73. The van der Waals surface area contributed by atoms with Crippen LogP contribution in [0.25, 0.3) is 0 Å². The van der Waals surface area contributed by atoms with Gasteiger partial charge in [-0.15, -0.1) is 0 Å². The number of hydrogen-bond acceptors (Lipinski definition) is 4. The average Bonchev–Trinajstić information content (AvgIpc) is 2.20. The van der Waals surface area contributed by atoms with E-state index < -0.39 is 42.9 Å². The van der Waals surface area contributed by atoms with Gasteiger partial charge in [0.05, 0.1) is 13.2 Å². The Hall–Kier alpha value is -1.48. The van der Waals surface area contributed by atoms with E-state index >= 15 is 0 Å². The van der Waals surface area contributed by atoms with Crippen molar-refractivity contribution < 1.29 is 45.4 Å². The van der Waals surface area contributed by atoms with Gasteiger partial charge in [-0.25, -0.2) is 9.59 Å². The minimum atomic E-state index is -5.20. The highest BCUT2D eigenvalue weighted by molar-refractivity contribution is 5.76. The lowest BCUT2D eigenvalue weighted by Crippen LogP contribution is -2.35. The van der Waals surface area contributed by atoms with Crippen LogP contribution in [-0.4, -0.2) is 37.5 Å².